The molecule has 4 nitrogen and oxygen atoms in total. The zero-order valence-electron chi connectivity index (χ0n) is 10.2. The Bertz CT molecular complexity index is 349. The molecule has 4 heteroatoms. The fraction of sp³-hybridized carbons (Fsp3) is 0.615. The monoisotopic (exact) mass is 236 g/mol. The summed E-state index contributed by atoms with van der Waals surface area (Å²) >= 11 is 0. The minimum absolute atomic E-state index is 0.115. The van der Waals surface area contributed by atoms with Crippen LogP contribution in [0.2, 0.25) is 0 Å². The van der Waals surface area contributed by atoms with Crippen LogP contribution in [0.1, 0.15) is 32.6 Å². The summed E-state index contributed by atoms with van der Waals surface area (Å²) in [5.41, 5.74) is 0. The number of ether oxygens (including phenoxy) is 1. The number of pyridine rings is 1. The van der Waals surface area contributed by atoms with E-state index in [-0.39, 0.29) is 6.10 Å². The summed E-state index contributed by atoms with van der Waals surface area (Å²) < 4.78 is 5.36. The molecule has 0 saturated heterocycles. The SMILES string of the molecule is CCOc1cccc(NC2CCC(O)CC2)n1. The van der Waals surface area contributed by atoms with Crippen LogP contribution in [0.25, 0.3) is 0 Å². The van der Waals surface area contributed by atoms with Gasteiger partial charge in [-0.05, 0) is 38.7 Å². The molecule has 0 amide bonds. The molecule has 1 aliphatic carbocycles. The van der Waals surface area contributed by atoms with E-state index in [2.05, 4.69) is 10.3 Å². The van der Waals surface area contributed by atoms with E-state index in [4.69, 9.17) is 4.74 Å². The first-order valence-electron chi connectivity index (χ1n) is 6.32. The third-order valence-electron chi connectivity index (χ3n) is 3.06. The van der Waals surface area contributed by atoms with Crippen molar-refractivity contribution in [1.29, 1.82) is 0 Å². The van der Waals surface area contributed by atoms with Crippen LogP contribution < -0.4 is 10.1 Å². The molecule has 1 heterocycles. The average Bonchev–Trinajstić information content (AvgIpc) is 2.33. The molecule has 0 radical (unpaired) electrons. The van der Waals surface area contributed by atoms with Crippen LogP contribution in [0.3, 0.4) is 0 Å². The maximum absolute atomic E-state index is 9.44. The van der Waals surface area contributed by atoms with Gasteiger partial charge in [0, 0.05) is 12.1 Å². The number of rotatable bonds is 4. The number of hydrogen-bond donors (Lipinski definition) is 2. The quantitative estimate of drug-likeness (QED) is 0.841. The second-order valence-electron chi connectivity index (χ2n) is 4.44. The first-order valence-corrected chi connectivity index (χ1v) is 6.32. The molecule has 0 aliphatic heterocycles. The Hall–Kier alpha value is -1.29. The van der Waals surface area contributed by atoms with Crippen LogP contribution in [0.5, 0.6) is 5.88 Å². The first-order chi connectivity index (χ1) is 8.28. The molecule has 1 aliphatic rings. The standard InChI is InChI=1S/C13H20N2O2/c1-2-17-13-5-3-4-12(15-13)14-10-6-8-11(16)9-7-10/h3-5,10-11,16H,2,6-9H2,1H3,(H,14,15). The van der Waals surface area contributed by atoms with Gasteiger partial charge in [-0.3, -0.25) is 0 Å². The zero-order chi connectivity index (χ0) is 12.1. The van der Waals surface area contributed by atoms with Crippen LogP contribution in [-0.4, -0.2) is 28.8 Å². The lowest BCUT2D eigenvalue weighted by molar-refractivity contribution is 0.126. The number of aliphatic hydroxyl groups is 1. The second kappa shape index (κ2) is 5.87. The summed E-state index contributed by atoms with van der Waals surface area (Å²) in [6.07, 6.45) is 3.64. The number of aliphatic hydroxyl groups excluding tert-OH is 1. The van der Waals surface area contributed by atoms with E-state index in [1.807, 2.05) is 25.1 Å². The highest BCUT2D eigenvalue weighted by atomic mass is 16.5. The van der Waals surface area contributed by atoms with Gasteiger partial charge in [-0.2, -0.15) is 4.98 Å². The van der Waals surface area contributed by atoms with Crippen LogP contribution in [0.4, 0.5) is 5.82 Å². The molecule has 0 unspecified atom stereocenters. The largest absolute Gasteiger partial charge is 0.478 e. The van der Waals surface area contributed by atoms with Crippen molar-refractivity contribution >= 4 is 5.82 Å². The van der Waals surface area contributed by atoms with Gasteiger partial charge in [-0.15, -0.1) is 0 Å². The second-order valence-corrected chi connectivity index (χ2v) is 4.44. The minimum atomic E-state index is -0.115. The van der Waals surface area contributed by atoms with Crippen molar-refractivity contribution in [2.75, 3.05) is 11.9 Å². The Morgan fingerprint density at radius 2 is 2.12 bits per heavy atom. The Labute approximate surface area is 102 Å². The van der Waals surface area contributed by atoms with Gasteiger partial charge in [0.1, 0.15) is 5.82 Å². The van der Waals surface area contributed by atoms with Crippen molar-refractivity contribution in [3.05, 3.63) is 18.2 Å². The lowest BCUT2D eigenvalue weighted by Crippen LogP contribution is -2.28. The highest BCUT2D eigenvalue weighted by molar-refractivity contribution is 5.38. The first kappa shape index (κ1) is 12.2. The van der Waals surface area contributed by atoms with E-state index >= 15 is 0 Å². The number of hydrogen-bond acceptors (Lipinski definition) is 4. The van der Waals surface area contributed by atoms with Crippen molar-refractivity contribution < 1.29 is 9.84 Å². The minimum Gasteiger partial charge on any atom is -0.478 e. The molecule has 2 N–H and O–H groups in total. The van der Waals surface area contributed by atoms with Crippen LogP contribution in [-0.2, 0) is 0 Å². The van der Waals surface area contributed by atoms with Crippen molar-refractivity contribution in [2.45, 2.75) is 44.8 Å². The molecule has 17 heavy (non-hydrogen) atoms. The van der Waals surface area contributed by atoms with E-state index in [0.29, 0.717) is 18.5 Å². The van der Waals surface area contributed by atoms with Crippen LogP contribution in [0.15, 0.2) is 18.2 Å². The van der Waals surface area contributed by atoms with Gasteiger partial charge in [0.15, 0.2) is 0 Å². The molecule has 0 bridgehead atoms. The van der Waals surface area contributed by atoms with E-state index in [1.54, 1.807) is 0 Å². The lowest BCUT2D eigenvalue weighted by atomic mass is 9.93. The van der Waals surface area contributed by atoms with Crippen molar-refractivity contribution in [2.24, 2.45) is 0 Å². The highest BCUT2D eigenvalue weighted by Crippen LogP contribution is 2.22. The summed E-state index contributed by atoms with van der Waals surface area (Å²) in [5, 5.41) is 12.8. The van der Waals surface area contributed by atoms with E-state index in [9.17, 15) is 5.11 Å². The molecule has 94 valence electrons. The van der Waals surface area contributed by atoms with Gasteiger partial charge < -0.3 is 15.2 Å². The summed E-state index contributed by atoms with van der Waals surface area (Å²) in [7, 11) is 0. The molecule has 1 aromatic rings. The molecule has 0 atom stereocenters. The Morgan fingerprint density at radius 1 is 1.35 bits per heavy atom. The van der Waals surface area contributed by atoms with Crippen molar-refractivity contribution in [3.63, 3.8) is 0 Å². The van der Waals surface area contributed by atoms with Crippen molar-refractivity contribution in [1.82, 2.24) is 4.98 Å². The van der Waals surface area contributed by atoms with Crippen molar-refractivity contribution in [3.8, 4) is 5.88 Å². The molecule has 0 aromatic carbocycles. The van der Waals surface area contributed by atoms with E-state index in [1.165, 1.54) is 0 Å². The molecule has 1 aromatic heterocycles. The van der Waals surface area contributed by atoms with Gasteiger partial charge in [0.05, 0.1) is 12.7 Å². The summed E-state index contributed by atoms with van der Waals surface area (Å²) in [5.74, 6) is 1.52. The van der Waals surface area contributed by atoms with E-state index < -0.39 is 0 Å². The number of aromatic nitrogens is 1. The van der Waals surface area contributed by atoms with Crippen LogP contribution >= 0.6 is 0 Å². The van der Waals surface area contributed by atoms with Gasteiger partial charge in [-0.25, -0.2) is 0 Å². The molecular weight excluding hydrogens is 216 g/mol. The summed E-state index contributed by atoms with van der Waals surface area (Å²) in [6.45, 7) is 2.58. The Kier molecular flexibility index (Phi) is 4.20. The Balaban J connectivity index is 1.91. The van der Waals surface area contributed by atoms with Gasteiger partial charge >= 0.3 is 0 Å². The van der Waals surface area contributed by atoms with Gasteiger partial charge in [0.25, 0.3) is 0 Å². The maximum atomic E-state index is 9.44. The number of nitrogens with one attached hydrogen (secondary N) is 1. The third-order valence-corrected chi connectivity index (χ3v) is 3.06. The molecule has 0 spiro atoms. The number of nitrogens with zero attached hydrogens (tertiary/aromatic N) is 1. The van der Waals surface area contributed by atoms with Gasteiger partial charge in [0.2, 0.25) is 5.88 Å². The molecule has 2 rings (SSSR count). The maximum Gasteiger partial charge on any atom is 0.215 e. The fourth-order valence-electron chi connectivity index (χ4n) is 2.15. The lowest BCUT2D eigenvalue weighted by Gasteiger charge is -2.26. The average molecular weight is 236 g/mol. The molecule has 1 fully saturated rings. The van der Waals surface area contributed by atoms with Crippen LogP contribution in [0, 0.1) is 0 Å². The highest BCUT2D eigenvalue weighted by Gasteiger charge is 2.19. The van der Waals surface area contributed by atoms with Gasteiger partial charge in [-0.1, -0.05) is 6.07 Å². The third kappa shape index (κ3) is 3.60. The predicted octanol–water partition coefficient (Wildman–Crippen LogP) is 2.20. The predicted molar refractivity (Wildman–Crippen MR) is 67.3 cm³/mol. The summed E-state index contributed by atoms with van der Waals surface area (Å²) in [4.78, 5) is 4.38. The Morgan fingerprint density at radius 3 is 2.82 bits per heavy atom. The topological polar surface area (TPSA) is 54.4 Å². The fourth-order valence-corrected chi connectivity index (χ4v) is 2.15. The smallest absolute Gasteiger partial charge is 0.215 e. The normalized spacial score (nSPS) is 24.4. The van der Waals surface area contributed by atoms with E-state index in [0.717, 1.165) is 31.5 Å². The summed E-state index contributed by atoms with van der Waals surface area (Å²) in [6, 6.07) is 6.17. The molecular formula is C13H20N2O2. The molecule has 1 saturated carbocycles. The number of anilines is 1. The zero-order valence-corrected chi connectivity index (χ0v) is 10.2.